The molecule has 0 radical (unpaired) electrons. The van der Waals surface area contributed by atoms with Crippen molar-refractivity contribution >= 4 is 37.1 Å². The van der Waals surface area contributed by atoms with E-state index in [1.54, 1.807) is 12.1 Å². The molecule has 0 aliphatic carbocycles. The van der Waals surface area contributed by atoms with Crippen molar-refractivity contribution < 1.29 is 18.0 Å². The monoisotopic (exact) mass is 311 g/mol. The zero-order valence-corrected chi connectivity index (χ0v) is 12.8. The lowest BCUT2D eigenvalue weighted by atomic mass is 10.1. The van der Waals surface area contributed by atoms with Crippen LogP contribution in [-0.4, -0.2) is 20.0 Å². The fraction of sp³-hybridized carbons (Fsp3) is 0.417. The van der Waals surface area contributed by atoms with Crippen molar-refractivity contribution in [3.05, 3.63) is 23.8 Å². The van der Waals surface area contributed by atoms with Crippen molar-refractivity contribution in [2.45, 2.75) is 32.2 Å². The summed E-state index contributed by atoms with van der Waals surface area (Å²) in [6.45, 7) is 6.20. The SMILES string of the molecule is C[Si](C)(C)c1cc(N)cc(CC(=O)C(F)(F)F)c1.Cl. The van der Waals surface area contributed by atoms with Gasteiger partial charge in [0.2, 0.25) is 5.78 Å². The number of hydrogen-bond donors (Lipinski definition) is 1. The Balaban J connectivity index is 0.00000324. The minimum Gasteiger partial charge on any atom is -0.399 e. The molecule has 1 aromatic rings. The predicted octanol–water partition coefficient (Wildman–Crippen LogP) is 2.91. The molecule has 108 valence electrons. The molecule has 19 heavy (non-hydrogen) atoms. The van der Waals surface area contributed by atoms with E-state index in [-0.39, 0.29) is 12.4 Å². The molecule has 0 heterocycles. The average molecular weight is 312 g/mol. The average Bonchev–Trinajstić information content (AvgIpc) is 2.13. The molecular formula is C12H17ClF3NOSi. The summed E-state index contributed by atoms with van der Waals surface area (Å²) in [6.07, 6.45) is -5.43. The van der Waals surface area contributed by atoms with Crippen LogP contribution in [-0.2, 0) is 11.2 Å². The predicted molar refractivity (Wildman–Crippen MR) is 75.8 cm³/mol. The second-order valence-electron chi connectivity index (χ2n) is 5.31. The van der Waals surface area contributed by atoms with Crippen molar-refractivity contribution in [3.63, 3.8) is 0 Å². The van der Waals surface area contributed by atoms with Gasteiger partial charge in [0.15, 0.2) is 0 Å². The fourth-order valence-electron chi connectivity index (χ4n) is 1.54. The van der Waals surface area contributed by atoms with E-state index in [9.17, 15) is 18.0 Å². The highest BCUT2D eigenvalue weighted by Crippen LogP contribution is 2.19. The molecule has 0 amide bonds. The van der Waals surface area contributed by atoms with E-state index in [4.69, 9.17) is 5.73 Å². The first kappa shape index (κ1) is 18.0. The molecule has 1 rings (SSSR count). The number of nitrogens with two attached hydrogens (primary N) is 1. The van der Waals surface area contributed by atoms with Crippen LogP contribution in [0.25, 0.3) is 0 Å². The number of nitrogen functional groups attached to an aromatic ring is 1. The topological polar surface area (TPSA) is 43.1 Å². The Kier molecular flexibility index (Phi) is 5.64. The van der Waals surface area contributed by atoms with E-state index >= 15 is 0 Å². The number of Topliss-reactive ketones (excluding diaryl/α,β-unsaturated/α-hetero) is 1. The van der Waals surface area contributed by atoms with Crippen LogP contribution in [0.3, 0.4) is 0 Å². The molecule has 2 N–H and O–H groups in total. The van der Waals surface area contributed by atoms with Gasteiger partial charge in [-0.05, 0) is 17.7 Å². The number of benzene rings is 1. The van der Waals surface area contributed by atoms with Gasteiger partial charge in [-0.25, -0.2) is 0 Å². The molecule has 0 saturated carbocycles. The minimum atomic E-state index is -4.79. The highest BCUT2D eigenvalue weighted by molar-refractivity contribution is 6.88. The van der Waals surface area contributed by atoms with E-state index in [1.807, 2.05) is 0 Å². The summed E-state index contributed by atoms with van der Waals surface area (Å²) >= 11 is 0. The minimum absolute atomic E-state index is 0. The Bertz CT molecular complexity index is 469. The number of ketones is 1. The molecule has 2 nitrogen and oxygen atoms in total. The maximum absolute atomic E-state index is 12.2. The number of halogens is 4. The van der Waals surface area contributed by atoms with Gasteiger partial charge < -0.3 is 5.73 Å². The van der Waals surface area contributed by atoms with Gasteiger partial charge in [0.1, 0.15) is 0 Å². The lowest BCUT2D eigenvalue weighted by Gasteiger charge is -2.18. The highest BCUT2D eigenvalue weighted by atomic mass is 35.5. The third-order valence-electron chi connectivity index (χ3n) is 2.56. The van der Waals surface area contributed by atoms with Gasteiger partial charge in [0.25, 0.3) is 0 Å². The molecule has 0 spiro atoms. The molecule has 0 unspecified atom stereocenters. The summed E-state index contributed by atoms with van der Waals surface area (Å²) in [6, 6.07) is 4.85. The first-order valence-corrected chi connectivity index (χ1v) is 9.00. The van der Waals surface area contributed by atoms with Crippen LogP contribution in [0, 0.1) is 0 Å². The van der Waals surface area contributed by atoms with Crippen LogP contribution in [0.5, 0.6) is 0 Å². The number of hydrogen-bond acceptors (Lipinski definition) is 2. The molecule has 0 aliphatic heterocycles. The molecule has 0 bridgehead atoms. The lowest BCUT2D eigenvalue weighted by molar-refractivity contribution is -0.170. The van der Waals surface area contributed by atoms with Gasteiger partial charge in [-0.2, -0.15) is 13.2 Å². The van der Waals surface area contributed by atoms with Gasteiger partial charge in [-0.1, -0.05) is 30.9 Å². The quantitative estimate of drug-likeness (QED) is 0.689. The highest BCUT2D eigenvalue weighted by Gasteiger charge is 2.37. The Hall–Kier alpha value is -1.01. The number of carbonyl (C=O) groups excluding carboxylic acids is 1. The Labute approximate surface area is 117 Å². The van der Waals surface area contributed by atoms with E-state index < -0.39 is 26.5 Å². The largest absolute Gasteiger partial charge is 0.450 e. The van der Waals surface area contributed by atoms with Crippen molar-refractivity contribution in [3.8, 4) is 0 Å². The number of anilines is 1. The van der Waals surface area contributed by atoms with Crippen molar-refractivity contribution in [1.29, 1.82) is 0 Å². The van der Waals surface area contributed by atoms with Crippen molar-refractivity contribution in [1.82, 2.24) is 0 Å². The Morgan fingerprint density at radius 1 is 1.21 bits per heavy atom. The van der Waals surface area contributed by atoms with E-state index in [0.29, 0.717) is 11.3 Å². The normalized spacial score (nSPS) is 11.9. The molecule has 0 aromatic heterocycles. The molecule has 0 fully saturated rings. The lowest BCUT2D eigenvalue weighted by Crippen LogP contribution is -2.38. The number of rotatable bonds is 3. The number of alkyl halides is 3. The van der Waals surface area contributed by atoms with Crippen molar-refractivity contribution in [2.24, 2.45) is 0 Å². The van der Waals surface area contributed by atoms with Crippen LogP contribution >= 0.6 is 12.4 Å². The summed E-state index contributed by atoms with van der Waals surface area (Å²) in [4.78, 5) is 11.0. The molecule has 0 aliphatic rings. The molecule has 0 atom stereocenters. The molecule has 1 aromatic carbocycles. The fourth-order valence-corrected chi connectivity index (χ4v) is 2.76. The molecular weight excluding hydrogens is 295 g/mol. The van der Waals surface area contributed by atoms with Crippen LogP contribution in [0.1, 0.15) is 5.56 Å². The smallest absolute Gasteiger partial charge is 0.399 e. The zero-order chi connectivity index (χ0) is 14.1. The van der Waals surface area contributed by atoms with Crippen molar-refractivity contribution in [2.75, 3.05) is 5.73 Å². The second kappa shape index (κ2) is 5.96. The first-order chi connectivity index (χ1) is 8.00. The van der Waals surface area contributed by atoms with Crippen LogP contribution in [0.15, 0.2) is 18.2 Å². The summed E-state index contributed by atoms with van der Waals surface area (Å²) < 4.78 is 36.6. The van der Waals surface area contributed by atoms with Crippen LogP contribution in [0.4, 0.5) is 18.9 Å². The summed E-state index contributed by atoms with van der Waals surface area (Å²) in [5, 5.41) is 0.951. The maximum atomic E-state index is 12.2. The third-order valence-corrected chi connectivity index (χ3v) is 4.58. The third kappa shape index (κ3) is 5.24. The standard InChI is InChI=1S/C12H16F3NOSi.ClH/c1-18(2,3)10-5-8(4-9(16)7-10)6-11(17)12(13,14)15;/h4-5,7H,6,16H2,1-3H3;1H. The van der Waals surface area contributed by atoms with Gasteiger partial charge in [-0.3, -0.25) is 4.79 Å². The van der Waals surface area contributed by atoms with Gasteiger partial charge in [0.05, 0.1) is 8.07 Å². The zero-order valence-electron chi connectivity index (χ0n) is 11.0. The Morgan fingerprint density at radius 3 is 2.16 bits per heavy atom. The molecule has 7 heteroatoms. The van der Waals surface area contributed by atoms with Gasteiger partial charge in [0, 0.05) is 12.1 Å². The Morgan fingerprint density at radius 2 is 1.74 bits per heavy atom. The second-order valence-corrected chi connectivity index (χ2v) is 10.4. The van der Waals surface area contributed by atoms with E-state index in [1.165, 1.54) is 6.07 Å². The van der Waals surface area contributed by atoms with Crippen LogP contribution < -0.4 is 10.9 Å². The summed E-state index contributed by atoms with van der Waals surface area (Å²) in [7, 11) is -1.67. The van der Waals surface area contributed by atoms with Crippen LogP contribution in [0.2, 0.25) is 19.6 Å². The number of carbonyl (C=O) groups is 1. The maximum Gasteiger partial charge on any atom is 0.450 e. The van der Waals surface area contributed by atoms with E-state index in [0.717, 1.165) is 5.19 Å². The summed E-state index contributed by atoms with van der Waals surface area (Å²) in [5.74, 6) is -1.74. The molecule has 0 saturated heterocycles. The summed E-state index contributed by atoms with van der Waals surface area (Å²) in [5.41, 5.74) is 6.40. The van der Waals surface area contributed by atoms with Gasteiger partial charge in [-0.15, -0.1) is 12.4 Å². The first-order valence-electron chi connectivity index (χ1n) is 5.50. The van der Waals surface area contributed by atoms with E-state index in [2.05, 4.69) is 19.6 Å². The van der Waals surface area contributed by atoms with Gasteiger partial charge >= 0.3 is 6.18 Å².